The van der Waals surface area contributed by atoms with Crippen molar-refractivity contribution in [2.45, 2.75) is 6.54 Å². The zero-order valence-electron chi connectivity index (χ0n) is 5.13. The summed E-state index contributed by atoms with van der Waals surface area (Å²) in [5.41, 5.74) is 5.63. The van der Waals surface area contributed by atoms with Crippen LogP contribution in [0.25, 0.3) is 0 Å². The third-order valence-electron chi connectivity index (χ3n) is 1.16. The number of rotatable bonds is 1. The molecule has 0 bridgehead atoms. The van der Waals surface area contributed by atoms with Crippen LogP contribution < -0.4 is 5.73 Å². The Morgan fingerprint density at radius 2 is 2.56 bits per heavy atom. The summed E-state index contributed by atoms with van der Waals surface area (Å²) in [4.78, 5) is 0. The van der Waals surface area contributed by atoms with Gasteiger partial charge in [0.05, 0.1) is 6.20 Å². The summed E-state index contributed by atoms with van der Waals surface area (Å²) in [6.45, 7) is 0.208. The largest absolute Gasteiger partial charge is 0.326 e. The Morgan fingerprint density at radius 1 is 1.89 bits per heavy atom. The van der Waals surface area contributed by atoms with E-state index in [0.29, 0.717) is 5.56 Å². The van der Waals surface area contributed by atoms with Gasteiger partial charge in [0.2, 0.25) is 5.95 Å². The highest BCUT2D eigenvalue weighted by atomic mass is 19.1. The molecule has 1 heterocycles. The fourth-order valence-electron chi connectivity index (χ4n) is 0.605. The van der Waals surface area contributed by atoms with Gasteiger partial charge in [0, 0.05) is 19.2 Å². The molecule has 0 aromatic carbocycles. The van der Waals surface area contributed by atoms with Gasteiger partial charge in [-0.25, -0.2) is 4.68 Å². The molecule has 0 atom stereocenters. The lowest BCUT2D eigenvalue weighted by atomic mass is 10.4. The van der Waals surface area contributed by atoms with Crippen LogP contribution in [0, 0.1) is 5.95 Å². The molecule has 0 unspecified atom stereocenters. The highest BCUT2D eigenvalue weighted by Crippen LogP contribution is 2.01. The van der Waals surface area contributed by atoms with Crippen LogP contribution in [0.15, 0.2) is 6.20 Å². The second kappa shape index (κ2) is 2.14. The predicted octanol–water partition coefficient (Wildman–Crippen LogP) is 0.0179. The second-order valence-corrected chi connectivity index (χ2v) is 1.79. The second-order valence-electron chi connectivity index (χ2n) is 1.79. The van der Waals surface area contributed by atoms with Crippen molar-refractivity contribution in [1.29, 1.82) is 0 Å². The Morgan fingerprint density at radius 3 is 2.78 bits per heavy atom. The first-order chi connectivity index (χ1) is 4.25. The minimum Gasteiger partial charge on any atom is -0.326 e. The summed E-state index contributed by atoms with van der Waals surface area (Å²) in [6.07, 6.45) is 1.43. The minimum atomic E-state index is -0.350. The number of hydrogen-bond donors (Lipinski definition) is 1. The predicted molar refractivity (Wildman–Crippen MR) is 31.1 cm³/mol. The van der Waals surface area contributed by atoms with Gasteiger partial charge < -0.3 is 5.73 Å². The fraction of sp³-hybridized carbons (Fsp3) is 0.400. The van der Waals surface area contributed by atoms with E-state index >= 15 is 0 Å². The van der Waals surface area contributed by atoms with E-state index in [9.17, 15) is 4.39 Å². The molecule has 0 spiro atoms. The van der Waals surface area contributed by atoms with E-state index in [0.717, 1.165) is 4.68 Å². The average Bonchev–Trinajstić information content (AvgIpc) is 2.15. The normalized spacial score (nSPS) is 10.1. The van der Waals surface area contributed by atoms with Crippen molar-refractivity contribution in [1.82, 2.24) is 9.78 Å². The number of nitrogens with two attached hydrogens (primary N) is 1. The van der Waals surface area contributed by atoms with Crippen molar-refractivity contribution in [2.24, 2.45) is 12.8 Å². The number of nitrogens with zero attached hydrogens (tertiary/aromatic N) is 2. The first kappa shape index (κ1) is 6.22. The first-order valence-corrected chi connectivity index (χ1v) is 2.62. The van der Waals surface area contributed by atoms with Crippen LogP contribution in [0.1, 0.15) is 5.56 Å². The van der Waals surface area contributed by atoms with E-state index in [1.807, 2.05) is 0 Å². The monoisotopic (exact) mass is 129 g/mol. The molecule has 1 aromatic rings. The molecule has 0 aliphatic heterocycles. The highest BCUT2D eigenvalue weighted by molar-refractivity contribution is 5.04. The van der Waals surface area contributed by atoms with Crippen molar-refractivity contribution in [2.75, 3.05) is 0 Å². The van der Waals surface area contributed by atoms with E-state index in [1.54, 1.807) is 0 Å². The maximum atomic E-state index is 12.6. The Bertz CT molecular complexity index is 206. The van der Waals surface area contributed by atoms with Crippen LogP contribution in [0.5, 0.6) is 0 Å². The zero-order chi connectivity index (χ0) is 6.85. The van der Waals surface area contributed by atoms with Crippen molar-refractivity contribution < 1.29 is 4.39 Å². The maximum Gasteiger partial charge on any atom is 0.215 e. The highest BCUT2D eigenvalue weighted by Gasteiger charge is 2.03. The number of aromatic nitrogens is 2. The summed E-state index contributed by atoms with van der Waals surface area (Å²) < 4.78 is 13.7. The Hall–Kier alpha value is -0.900. The van der Waals surface area contributed by atoms with E-state index in [1.165, 1.54) is 13.2 Å². The Kier molecular flexibility index (Phi) is 1.48. The van der Waals surface area contributed by atoms with Gasteiger partial charge in [-0.2, -0.15) is 9.49 Å². The molecule has 0 saturated heterocycles. The summed E-state index contributed by atoms with van der Waals surface area (Å²) in [7, 11) is 1.54. The number of aryl methyl sites for hydroxylation is 1. The molecule has 0 amide bonds. The molecule has 3 nitrogen and oxygen atoms in total. The molecular weight excluding hydrogens is 121 g/mol. The molecule has 1 rings (SSSR count). The number of halogens is 1. The summed E-state index contributed by atoms with van der Waals surface area (Å²) in [5.74, 6) is -0.350. The van der Waals surface area contributed by atoms with Crippen molar-refractivity contribution in [3.8, 4) is 0 Å². The Labute approximate surface area is 52.3 Å². The van der Waals surface area contributed by atoms with Crippen molar-refractivity contribution in [3.63, 3.8) is 0 Å². The van der Waals surface area contributed by atoms with Gasteiger partial charge in [-0.15, -0.1) is 0 Å². The fourth-order valence-corrected chi connectivity index (χ4v) is 0.605. The lowest BCUT2D eigenvalue weighted by molar-refractivity contribution is 0.495. The SMILES string of the molecule is Cn1ncc(CN)c1F. The Balaban J connectivity index is 3.04. The van der Waals surface area contributed by atoms with Gasteiger partial charge in [-0.1, -0.05) is 0 Å². The third kappa shape index (κ3) is 0.929. The summed E-state index contributed by atoms with van der Waals surface area (Å²) in [5, 5.41) is 3.65. The first-order valence-electron chi connectivity index (χ1n) is 2.62. The molecule has 1 aromatic heterocycles. The molecule has 9 heavy (non-hydrogen) atoms. The van der Waals surface area contributed by atoms with Gasteiger partial charge in [0.25, 0.3) is 0 Å². The topological polar surface area (TPSA) is 43.8 Å². The van der Waals surface area contributed by atoms with Crippen LogP contribution in [-0.4, -0.2) is 9.78 Å². The quantitative estimate of drug-likeness (QED) is 0.580. The minimum absolute atomic E-state index is 0.208. The molecule has 2 N–H and O–H groups in total. The van der Waals surface area contributed by atoms with E-state index in [-0.39, 0.29) is 12.5 Å². The number of hydrogen-bond acceptors (Lipinski definition) is 2. The van der Waals surface area contributed by atoms with Gasteiger partial charge in [-0.05, 0) is 0 Å². The van der Waals surface area contributed by atoms with Crippen molar-refractivity contribution in [3.05, 3.63) is 17.7 Å². The van der Waals surface area contributed by atoms with Crippen LogP contribution in [0.4, 0.5) is 4.39 Å². The van der Waals surface area contributed by atoms with Crippen LogP contribution in [0.3, 0.4) is 0 Å². The molecule has 0 aliphatic rings. The molecule has 0 radical (unpaired) electrons. The molecule has 0 fully saturated rings. The summed E-state index contributed by atoms with van der Waals surface area (Å²) in [6, 6.07) is 0. The molecule has 4 heteroatoms. The zero-order valence-corrected chi connectivity index (χ0v) is 5.13. The summed E-state index contributed by atoms with van der Waals surface area (Å²) >= 11 is 0. The van der Waals surface area contributed by atoms with E-state index in [4.69, 9.17) is 5.73 Å². The lowest BCUT2D eigenvalue weighted by Gasteiger charge is -1.89. The van der Waals surface area contributed by atoms with E-state index < -0.39 is 0 Å². The van der Waals surface area contributed by atoms with Gasteiger partial charge >= 0.3 is 0 Å². The average molecular weight is 129 g/mol. The molecule has 0 saturated carbocycles. The van der Waals surface area contributed by atoms with E-state index in [2.05, 4.69) is 5.10 Å². The van der Waals surface area contributed by atoms with Gasteiger partial charge in [0.15, 0.2) is 0 Å². The smallest absolute Gasteiger partial charge is 0.215 e. The lowest BCUT2D eigenvalue weighted by Crippen LogP contribution is -2.00. The van der Waals surface area contributed by atoms with Gasteiger partial charge in [0.1, 0.15) is 0 Å². The van der Waals surface area contributed by atoms with Crippen LogP contribution >= 0.6 is 0 Å². The van der Waals surface area contributed by atoms with Crippen LogP contribution in [-0.2, 0) is 13.6 Å². The van der Waals surface area contributed by atoms with Crippen molar-refractivity contribution >= 4 is 0 Å². The molecule has 0 aliphatic carbocycles. The van der Waals surface area contributed by atoms with Crippen LogP contribution in [0.2, 0.25) is 0 Å². The maximum absolute atomic E-state index is 12.6. The standard InChI is InChI=1S/C5H8FN3/c1-9-5(6)4(2-7)3-8-9/h3H,2,7H2,1H3. The van der Waals surface area contributed by atoms with Gasteiger partial charge in [-0.3, -0.25) is 0 Å². The molecule has 50 valence electrons. The third-order valence-corrected chi connectivity index (χ3v) is 1.16. The molecular formula is C5H8FN3.